The Morgan fingerprint density at radius 3 is 2.47 bits per heavy atom. The number of phenolic OH excluding ortho intramolecular Hbond substituents is 1. The van der Waals surface area contributed by atoms with E-state index in [1.54, 1.807) is 24.0 Å². The van der Waals surface area contributed by atoms with Crippen molar-refractivity contribution in [1.29, 1.82) is 0 Å². The predicted octanol–water partition coefficient (Wildman–Crippen LogP) is 4.80. The molecule has 1 saturated heterocycles. The molecule has 2 fully saturated rings. The number of halogens is 1. The summed E-state index contributed by atoms with van der Waals surface area (Å²) in [6.07, 6.45) is 9.03. The summed E-state index contributed by atoms with van der Waals surface area (Å²) in [6, 6.07) is 5.21. The van der Waals surface area contributed by atoms with Gasteiger partial charge in [-0.25, -0.2) is 0 Å². The van der Waals surface area contributed by atoms with Gasteiger partial charge in [-0.05, 0) is 71.6 Å². The number of fused-ring (bicyclic) bond motifs is 3. The van der Waals surface area contributed by atoms with E-state index in [9.17, 15) is 24.3 Å². The highest BCUT2D eigenvalue weighted by atomic mass is 79.9. The van der Waals surface area contributed by atoms with Gasteiger partial charge >= 0.3 is 0 Å². The Balaban J connectivity index is 1.47. The number of amides is 2. The van der Waals surface area contributed by atoms with Crippen LogP contribution in [0.3, 0.4) is 0 Å². The highest BCUT2D eigenvalue weighted by molar-refractivity contribution is 9.12. The SMILES string of the molecule is Cc1cc([C@H]2C3=CC[C@@H]4C(=O)N(C5CCCCC5)C(=O)[C@@H]4[C@@H]3CC3=C2C(=O)C=C(Br)C3=O)ccc1O. The Labute approximate surface area is 218 Å². The van der Waals surface area contributed by atoms with Crippen LogP contribution in [-0.4, -0.2) is 39.4 Å². The van der Waals surface area contributed by atoms with E-state index < -0.39 is 17.8 Å². The number of aryl methyl sites for hydroxylation is 1. The Kier molecular flexibility index (Phi) is 5.67. The first-order chi connectivity index (χ1) is 17.3. The third-order valence-corrected chi connectivity index (χ3v) is 9.45. The van der Waals surface area contributed by atoms with Crippen LogP contribution in [0.5, 0.6) is 5.75 Å². The topological polar surface area (TPSA) is 91.8 Å². The van der Waals surface area contributed by atoms with Crippen molar-refractivity contribution in [3.63, 3.8) is 0 Å². The minimum Gasteiger partial charge on any atom is -0.508 e. The van der Waals surface area contributed by atoms with Gasteiger partial charge in [-0.3, -0.25) is 24.1 Å². The van der Waals surface area contributed by atoms with Crippen LogP contribution in [-0.2, 0) is 19.2 Å². The smallest absolute Gasteiger partial charge is 0.233 e. The maximum atomic E-state index is 13.9. The number of phenols is 1. The highest BCUT2D eigenvalue weighted by Gasteiger charge is 2.57. The molecule has 0 spiro atoms. The molecule has 36 heavy (non-hydrogen) atoms. The number of nitrogens with zero attached hydrogens (tertiary/aromatic N) is 1. The second-order valence-electron chi connectivity index (χ2n) is 10.8. The maximum Gasteiger partial charge on any atom is 0.233 e. The molecule has 1 saturated carbocycles. The number of likely N-dealkylation sites (tertiary alicyclic amines) is 1. The van der Waals surface area contributed by atoms with Crippen LogP contribution in [0.15, 0.2) is 51.6 Å². The molecule has 6 nitrogen and oxygen atoms in total. The third-order valence-electron chi connectivity index (χ3n) is 8.86. The Morgan fingerprint density at radius 1 is 1.00 bits per heavy atom. The molecule has 4 atom stereocenters. The zero-order valence-corrected chi connectivity index (χ0v) is 21.7. The molecule has 7 heteroatoms. The lowest BCUT2D eigenvalue weighted by atomic mass is 9.59. The zero-order valence-electron chi connectivity index (χ0n) is 20.1. The number of carbonyl (C=O) groups excluding carboxylic acids is 4. The van der Waals surface area contributed by atoms with E-state index in [1.165, 1.54) is 6.08 Å². The summed E-state index contributed by atoms with van der Waals surface area (Å²) in [6.45, 7) is 1.80. The van der Waals surface area contributed by atoms with Gasteiger partial charge < -0.3 is 5.11 Å². The monoisotopic (exact) mass is 549 g/mol. The molecule has 186 valence electrons. The number of aromatic hydroxyl groups is 1. The van der Waals surface area contributed by atoms with Crippen molar-refractivity contribution in [1.82, 2.24) is 4.90 Å². The number of ketones is 2. The number of hydrogen-bond acceptors (Lipinski definition) is 5. The van der Waals surface area contributed by atoms with E-state index >= 15 is 0 Å². The van der Waals surface area contributed by atoms with E-state index in [1.807, 2.05) is 12.1 Å². The van der Waals surface area contributed by atoms with Crippen LogP contribution in [0.1, 0.15) is 62.0 Å². The molecule has 0 unspecified atom stereocenters. The zero-order chi connectivity index (χ0) is 25.3. The van der Waals surface area contributed by atoms with Gasteiger partial charge in [0, 0.05) is 29.2 Å². The summed E-state index contributed by atoms with van der Waals surface area (Å²) in [4.78, 5) is 55.5. The molecular weight excluding hydrogens is 522 g/mol. The molecule has 1 heterocycles. The van der Waals surface area contributed by atoms with E-state index in [-0.39, 0.29) is 52.0 Å². The van der Waals surface area contributed by atoms with Crippen molar-refractivity contribution < 1.29 is 24.3 Å². The minimum absolute atomic E-state index is 0.0309. The summed E-state index contributed by atoms with van der Waals surface area (Å²) in [7, 11) is 0. The van der Waals surface area contributed by atoms with Crippen molar-refractivity contribution in [3.8, 4) is 5.75 Å². The molecule has 0 bridgehead atoms. The average molecular weight is 550 g/mol. The van der Waals surface area contributed by atoms with E-state index in [2.05, 4.69) is 15.9 Å². The average Bonchev–Trinajstić information content (AvgIpc) is 3.13. The van der Waals surface area contributed by atoms with E-state index in [0.717, 1.165) is 43.2 Å². The van der Waals surface area contributed by atoms with Gasteiger partial charge in [0.25, 0.3) is 0 Å². The van der Waals surface area contributed by atoms with Crippen LogP contribution in [0.4, 0.5) is 0 Å². The van der Waals surface area contributed by atoms with Crippen LogP contribution in [0.2, 0.25) is 0 Å². The fourth-order valence-electron chi connectivity index (χ4n) is 7.17. The Bertz CT molecular complexity index is 1310. The largest absolute Gasteiger partial charge is 0.508 e. The van der Waals surface area contributed by atoms with Crippen LogP contribution in [0, 0.1) is 24.7 Å². The summed E-state index contributed by atoms with van der Waals surface area (Å²) in [5, 5.41) is 10.1. The summed E-state index contributed by atoms with van der Waals surface area (Å²) >= 11 is 3.26. The standard InChI is InChI=1S/C29H28BrNO5/c1-14-11-15(7-10-22(14)32)24-17-8-9-18-25(29(36)31(28(18)35)16-5-3-2-4-6-16)19(17)12-20-26(24)23(33)13-21(30)27(20)34/h7-8,10-11,13,16,18-19,24-25,32H,2-6,9,12H2,1H3/t18-,19+,24-,25-/m0/s1. The molecule has 1 aliphatic heterocycles. The van der Waals surface area contributed by atoms with Crippen LogP contribution in [0.25, 0.3) is 0 Å². The molecule has 1 N–H and O–H groups in total. The fourth-order valence-corrected chi connectivity index (χ4v) is 7.62. The Morgan fingerprint density at radius 2 is 1.75 bits per heavy atom. The first kappa shape index (κ1) is 23.6. The van der Waals surface area contributed by atoms with Gasteiger partial charge in [0.15, 0.2) is 11.6 Å². The molecule has 1 aromatic carbocycles. The highest BCUT2D eigenvalue weighted by Crippen LogP contribution is 2.55. The van der Waals surface area contributed by atoms with Gasteiger partial charge in [0.2, 0.25) is 11.8 Å². The summed E-state index contributed by atoms with van der Waals surface area (Å²) < 4.78 is 0.226. The molecule has 2 amide bonds. The van der Waals surface area contributed by atoms with E-state index in [4.69, 9.17) is 0 Å². The number of allylic oxidation sites excluding steroid dienone is 6. The quantitative estimate of drug-likeness (QED) is 0.325. The molecule has 0 aromatic heterocycles. The van der Waals surface area contributed by atoms with Crippen LogP contribution < -0.4 is 0 Å². The normalized spacial score (nSPS) is 30.7. The van der Waals surface area contributed by atoms with E-state index in [0.29, 0.717) is 23.1 Å². The first-order valence-corrected chi connectivity index (χ1v) is 13.6. The second-order valence-corrected chi connectivity index (χ2v) is 11.6. The summed E-state index contributed by atoms with van der Waals surface area (Å²) in [5.74, 6) is -2.20. The number of imide groups is 1. The lowest BCUT2D eigenvalue weighted by Gasteiger charge is -2.42. The second kappa shape index (κ2) is 8.65. The van der Waals surface area contributed by atoms with Crippen LogP contribution >= 0.6 is 15.9 Å². The van der Waals surface area contributed by atoms with Crippen molar-refractivity contribution >= 4 is 39.3 Å². The van der Waals surface area contributed by atoms with Crippen molar-refractivity contribution in [2.75, 3.05) is 0 Å². The fraction of sp³-hybridized carbons (Fsp3) is 0.448. The molecule has 5 aliphatic rings. The van der Waals surface area contributed by atoms with Crippen molar-refractivity contribution in [2.24, 2.45) is 17.8 Å². The van der Waals surface area contributed by atoms with Gasteiger partial charge in [0.05, 0.1) is 16.3 Å². The molecule has 0 radical (unpaired) electrons. The number of carbonyl (C=O) groups is 4. The van der Waals surface area contributed by atoms with Gasteiger partial charge in [0.1, 0.15) is 5.75 Å². The van der Waals surface area contributed by atoms with Crippen molar-refractivity contribution in [2.45, 2.75) is 63.8 Å². The molecular formula is C29H28BrNO5. The lowest BCUT2D eigenvalue weighted by molar-refractivity contribution is -0.143. The maximum absolute atomic E-state index is 13.9. The third kappa shape index (κ3) is 3.42. The first-order valence-electron chi connectivity index (χ1n) is 12.8. The van der Waals surface area contributed by atoms with Crippen molar-refractivity contribution in [3.05, 3.63) is 62.7 Å². The van der Waals surface area contributed by atoms with Gasteiger partial charge in [-0.1, -0.05) is 43.0 Å². The number of hydrogen-bond donors (Lipinski definition) is 1. The molecule has 6 rings (SSSR count). The minimum atomic E-state index is -0.512. The predicted molar refractivity (Wildman–Crippen MR) is 136 cm³/mol. The number of rotatable bonds is 2. The van der Waals surface area contributed by atoms with Gasteiger partial charge in [-0.2, -0.15) is 0 Å². The number of Topliss-reactive ketones (excluding diaryl/α,β-unsaturated/α-hetero) is 1. The molecule has 4 aliphatic carbocycles. The Hall–Kier alpha value is -2.80. The number of benzene rings is 1. The summed E-state index contributed by atoms with van der Waals surface area (Å²) in [5.41, 5.74) is 3.31. The van der Waals surface area contributed by atoms with Gasteiger partial charge in [-0.15, -0.1) is 0 Å². The lowest BCUT2D eigenvalue weighted by Crippen LogP contribution is -2.43. The molecule has 1 aromatic rings.